The van der Waals surface area contributed by atoms with E-state index in [-0.39, 0.29) is 17.9 Å². The SMILES string of the molecule is Cn1nc(CC(=O)N2CCN(Cc3ccsc3)CC2)c2ccccc2c1=O. The summed E-state index contributed by atoms with van der Waals surface area (Å²) in [4.78, 5) is 29.3. The lowest BCUT2D eigenvalue weighted by Crippen LogP contribution is -2.48. The van der Waals surface area contributed by atoms with Crippen molar-refractivity contribution in [2.45, 2.75) is 13.0 Å². The molecule has 3 heterocycles. The Morgan fingerprint density at radius 1 is 1.11 bits per heavy atom. The summed E-state index contributed by atoms with van der Waals surface area (Å²) in [6, 6.07) is 9.52. The van der Waals surface area contributed by atoms with Gasteiger partial charge in [-0.05, 0) is 28.5 Å². The molecule has 0 N–H and O–H groups in total. The summed E-state index contributed by atoms with van der Waals surface area (Å²) in [5.41, 5.74) is 1.86. The summed E-state index contributed by atoms with van der Waals surface area (Å²) in [6.07, 6.45) is 0.221. The van der Waals surface area contributed by atoms with Crippen molar-refractivity contribution >= 4 is 28.0 Å². The van der Waals surface area contributed by atoms with Gasteiger partial charge in [-0.25, -0.2) is 4.68 Å². The quantitative estimate of drug-likeness (QED) is 0.691. The molecule has 6 nitrogen and oxygen atoms in total. The fourth-order valence-corrected chi connectivity index (χ4v) is 4.22. The lowest BCUT2D eigenvalue weighted by Gasteiger charge is -2.34. The van der Waals surface area contributed by atoms with Crippen LogP contribution in [0.2, 0.25) is 0 Å². The van der Waals surface area contributed by atoms with E-state index in [0.717, 1.165) is 38.1 Å². The molecule has 0 unspecified atom stereocenters. The van der Waals surface area contributed by atoms with Crippen LogP contribution in [0.3, 0.4) is 0 Å². The van der Waals surface area contributed by atoms with Gasteiger partial charge >= 0.3 is 0 Å². The third-order valence-electron chi connectivity index (χ3n) is 5.06. The number of benzene rings is 1. The van der Waals surface area contributed by atoms with E-state index in [1.54, 1.807) is 24.5 Å². The van der Waals surface area contributed by atoms with Crippen LogP contribution in [0.1, 0.15) is 11.3 Å². The number of hydrogen-bond acceptors (Lipinski definition) is 5. The highest BCUT2D eigenvalue weighted by molar-refractivity contribution is 7.07. The van der Waals surface area contributed by atoms with Gasteiger partial charge in [-0.2, -0.15) is 16.4 Å². The van der Waals surface area contributed by atoms with E-state index >= 15 is 0 Å². The van der Waals surface area contributed by atoms with Crippen molar-refractivity contribution in [3.8, 4) is 0 Å². The number of piperazine rings is 1. The van der Waals surface area contributed by atoms with Gasteiger partial charge in [0.1, 0.15) is 0 Å². The number of carbonyl (C=O) groups is 1. The van der Waals surface area contributed by atoms with Gasteiger partial charge in [0.2, 0.25) is 5.91 Å². The predicted molar refractivity (Wildman–Crippen MR) is 107 cm³/mol. The molecule has 1 aliphatic rings. The van der Waals surface area contributed by atoms with Crippen molar-refractivity contribution in [3.63, 3.8) is 0 Å². The first-order chi connectivity index (χ1) is 13.1. The first kappa shape index (κ1) is 17.9. The molecule has 0 spiro atoms. The lowest BCUT2D eigenvalue weighted by molar-refractivity contribution is -0.132. The van der Waals surface area contributed by atoms with Gasteiger partial charge in [-0.1, -0.05) is 18.2 Å². The molecule has 0 radical (unpaired) electrons. The standard InChI is InChI=1S/C20H22N4O2S/c1-22-20(26)17-5-3-2-4-16(17)18(21-22)12-19(25)24-9-7-23(8-10-24)13-15-6-11-27-14-15/h2-6,11,14H,7-10,12-13H2,1H3. The van der Waals surface area contributed by atoms with E-state index in [1.165, 1.54) is 10.2 Å². The van der Waals surface area contributed by atoms with Gasteiger partial charge in [-0.15, -0.1) is 0 Å². The smallest absolute Gasteiger partial charge is 0.274 e. The molecule has 0 saturated carbocycles. The topological polar surface area (TPSA) is 58.4 Å². The molecule has 0 atom stereocenters. The maximum atomic E-state index is 12.8. The maximum Gasteiger partial charge on any atom is 0.274 e. The van der Waals surface area contributed by atoms with Gasteiger partial charge in [0.25, 0.3) is 5.56 Å². The fraction of sp³-hybridized carbons (Fsp3) is 0.350. The molecule has 3 aromatic rings. The van der Waals surface area contributed by atoms with Crippen LogP contribution in [0.25, 0.3) is 10.8 Å². The molecular weight excluding hydrogens is 360 g/mol. The van der Waals surface area contributed by atoms with E-state index in [4.69, 9.17) is 0 Å². The summed E-state index contributed by atoms with van der Waals surface area (Å²) in [7, 11) is 1.63. The Balaban J connectivity index is 1.44. The van der Waals surface area contributed by atoms with Gasteiger partial charge in [0.05, 0.1) is 17.5 Å². The zero-order chi connectivity index (χ0) is 18.8. The van der Waals surface area contributed by atoms with Crippen LogP contribution in [0, 0.1) is 0 Å². The third-order valence-corrected chi connectivity index (χ3v) is 5.80. The number of aryl methyl sites for hydroxylation is 1. The Bertz CT molecular complexity index is 1000. The average Bonchev–Trinajstić information content (AvgIpc) is 3.19. The van der Waals surface area contributed by atoms with E-state index in [0.29, 0.717) is 11.1 Å². The Morgan fingerprint density at radius 2 is 1.85 bits per heavy atom. The number of fused-ring (bicyclic) bond motifs is 1. The van der Waals surface area contributed by atoms with Crippen molar-refractivity contribution in [1.82, 2.24) is 19.6 Å². The molecule has 1 aromatic carbocycles. The zero-order valence-corrected chi connectivity index (χ0v) is 16.1. The molecule has 0 bridgehead atoms. The normalized spacial score (nSPS) is 15.4. The minimum atomic E-state index is -0.135. The molecule has 0 aliphatic carbocycles. The number of thiophene rings is 1. The molecule has 4 rings (SSSR count). The molecule has 1 saturated heterocycles. The molecule has 1 aliphatic heterocycles. The van der Waals surface area contributed by atoms with E-state index in [2.05, 4.69) is 26.8 Å². The molecular formula is C20H22N4O2S. The Kier molecular flexibility index (Phi) is 5.05. The molecule has 140 valence electrons. The summed E-state index contributed by atoms with van der Waals surface area (Å²) < 4.78 is 1.32. The van der Waals surface area contributed by atoms with Crippen LogP contribution < -0.4 is 5.56 Å². The second-order valence-corrected chi connectivity index (χ2v) is 7.67. The Labute approximate surface area is 161 Å². The second-order valence-electron chi connectivity index (χ2n) is 6.89. The van der Waals surface area contributed by atoms with Crippen molar-refractivity contribution < 1.29 is 4.79 Å². The lowest BCUT2D eigenvalue weighted by atomic mass is 10.1. The number of aromatic nitrogens is 2. The molecule has 1 amide bonds. The Morgan fingerprint density at radius 3 is 2.56 bits per heavy atom. The number of carbonyl (C=O) groups excluding carboxylic acids is 1. The van der Waals surface area contributed by atoms with Crippen LogP contribution in [-0.4, -0.2) is 51.7 Å². The van der Waals surface area contributed by atoms with Crippen molar-refractivity contribution in [2.75, 3.05) is 26.2 Å². The summed E-state index contributed by atoms with van der Waals surface area (Å²) >= 11 is 1.72. The molecule has 7 heteroatoms. The Hall–Kier alpha value is -2.51. The summed E-state index contributed by atoms with van der Waals surface area (Å²) in [6.45, 7) is 4.16. The van der Waals surface area contributed by atoms with Gasteiger partial charge in [0, 0.05) is 45.2 Å². The predicted octanol–water partition coefficient (Wildman–Crippen LogP) is 1.88. The monoisotopic (exact) mass is 382 g/mol. The minimum absolute atomic E-state index is 0.0708. The second kappa shape index (κ2) is 7.62. The zero-order valence-electron chi connectivity index (χ0n) is 15.3. The van der Waals surface area contributed by atoms with Gasteiger partial charge in [-0.3, -0.25) is 14.5 Å². The van der Waals surface area contributed by atoms with E-state index < -0.39 is 0 Å². The summed E-state index contributed by atoms with van der Waals surface area (Å²) in [5.74, 6) is 0.0708. The van der Waals surface area contributed by atoms with Crippen molar-refractivity contribution in [2.24, 2.45) is 7.05 Å². The highest BCUT2D eigenvalue weighted by Gasteiger charge is 2.22. The molecule has 27 heavy (non-hydrogen) atoms. The number of amides is 1. The molecule has 2 aromatic heterocycles. The van der Waals surface area contributed by atoms with Gasteiger partial charge in [0.15, 0.2) is 0 Å². The first-order valence-corrected chi connectivity index (χ1v) is 10.0. The summed E-state index contributed by atoms with van der Waals surface area (Å²) in [5, 5.41) is 10.00. The van der Waals surface area contributed by atoms with Crippen LogP contribution in [0.15, 0.2) is 45.9 Å². The minimum Gasteiger partial charge on any atom is -0.340 e. The van der Waals surface area contributed by atoms with Crippen molar-refractivity contribution in [1.29, 1.82) is 0 Å². The highest BCUT2D eigenvalue weighted by atomic mass is 32.1. The van der Waals surface area contributed by atoms with E-state index in [9.17, 15) is 9.59 Å². The number of rotatable bonds is 4. The largest absolute Gasteiger partial charge is 0.340 e. The number of nitrogens with zero attached hydrogens (tertiary/aromatic N) is 4. The maximum absolute atomic E-state index is 12.8. The highest BCUT2D eigenvalue weighted by Crippen LogP contribution is 2.16. The van der Waals surface area contributed by atoms with Crippen LogP contribution in [0.5, 0.6) is 0 Å². The van der Waals surface area contributed by atoms with Crippen molar-refractivity contribution in [3.05, 3.63) is 62.7 Å². The van der Waals surface area contributed by atoms with Crippen LogP contribution in [-0.2, 0) is 24.8 Å². The third kappa shape index (κ3) is 3.79. The number of hydrogen-bond donors (Lipinski definition) is 0. The fourth-order valence-electron chi connectivity index (χ4n) is 3.56. The van der Waals surface area contributed by atoms with Crippen LogP contribution in [0.4, 0.5) is 0 Å². The van der Waals surface area contributed by atoms with E-state index in [1.807, 2.05) is 23.1 Å². The van der Waals surface area contributed by atoms with Gasteiger partial charge < -0.3 is 4.90 Å². The first-order valence-electron chi connectivity index (χ1n) is 9.08. The van der Waals surface area contributed by atoms with Crippen LogP contribution >= 0.6 is 11.3 Å². The molecule has 1 fully saturated rings. The average molecular weight is 382 g/mol.